The van der Waals surface area contributed by atoms with Crippen molar-refractivity contribution in [2.45, 2.75) is 33.2 Å². The predicted octanol–water partition coefficient (Wildman–Crippen LogP) is 3.29. The number of benzene rings is 1. The summed E-state index contributed by atoms with van der Waals surface area (Å²) in [7, 11) is 0. The number of aliphatic imine (C=N–C) groups is 1. The lowest BCUT2D eigenvalue weighted by molar-refractivity contribution is 0.145. The van der Waals surface area contributed by atoms with Crippen molar-refractivity contribution < 1.29 is 9.15 Å². The van der Waals surface area contributed by atoms with Crippen molar-refractivity contribution >= 4 is 5.96 Å². The summed E-state index contributed by atoms with van der Waals surface area (Å²) < 4.78 is 10.7. The van der Waals surface area contributed by atoms with Crippen LogP contribution in [0.1, 0.15) is 30.2 Å². The Morgan fingerprint density at radius 1 is 1.16 bits per heavy atom. The molecular formula is C20H29N3O2. The first-order valence-corrected chi connectivity index (χ1v) is 8.96. The first kappa shape index (κ1) is 19.1. The molecule has 2 rings (SSSR count). The zero-order valence-electron chi connectivity index (χ0n) is 15.3. The molecule has 1 aromatic carbocycles. The molecule has 0 aliphatic carbocycles. The Kier molecular flexibility index (Phi) is 8.63. The third kappa shape index (κ3) is 7.90. The first-order valence-electron chi connectivity index (χ1n) is 8.96. The van der Waals surface area contributed by atoms with Crippen LogP contribution in [0.5, 0.6) is 0 Å². The number of ether oxygens (including phenoxy) is 1. The number of nitrogens with one attached hydrogen (secondary N) is 2. The van der Waals surface area contributed by atoms with Crippen LogP contribution in [0.4, 0.5) is 0 Å². The second kappa shape index (κ2) is 11.3. The van der Waals surface area contributed by atoms with Crippen LogP contribution in [0.25, 0.3) is 0 Å². The van der Waals surface area contributed by atoms with Gasteiger partial charge in [0.1, 0.15) is 5.76 Å². The summed E-state index contributed by atoms with van der Waals surface area (Å²) in [6.45, 7) is 7.90. The van der Waals surface area contributed by atoms with Gasteiger partial charge in [0, 0.05) is 32.7 Å². The Balaban J connectivity index is 1.84. The van der Waals surface area contributed by atoms with Crippen molar-refractivity contribution in [1.29, 1.82) is 0 Å². The van der Waals surface area contributed by atoms with Gasteiger partial charge in [-0.05, 0) is 38.0 Å². The molecule has 5 nitrogen and oxygen atoms in total. The highest BCUT2D eigenvalue weighted by Gasteiger charge is 2.01. The average Bonchev–Trinajstić information content (AvgIpc) is 3.12. The summed E-state index contributed by atoms with van der Waals surface area (Å²) in [5.41, 5.74) is 2.46. The molecule has 0 saturated heterocycles. The fourth-order valence-corrected chi connectivity index (χ4v) is 2.44. The van der Waals surface area contributed by atoms with Gasteiger partial charge in [-0.2, -0.15) is 0 Å². The van der Waals surface area contributed by atoms with E-state index in [0.717, 1.165) is 50.9 Å². The lowest BCUT2D eigenvalue weighted by Gasteiger charge is -2.12. The van der Waals surface area contributed by atoms with E-state index in [0.29, 0.717) is 6.54 Å². The molecule has 0 fully saturated rings. The van der Waals surface area contributed by atoms with E-state index in [2.05, 4.69) is 41.8 Å². The van der Waals surface area contributed by atoms with E-state index < -0.39 is 0 Å². The van der Waals surface area contributed by atoms with Crippen molar-refractivity contribution in [3.05, 3.63) is 59.5 Å². The number of guanidine groups is 1. The van der Waals surface area contributed by atoms with E-state index in [1.807, 2.05) is 19.1 Å². The molecule has 0 aliphatic heterocycles. The number of hydrogen-bond acceptors (Lipinski definition) is 3. The molecule has 0 bridgehead atoms. The Bertz CT molecular complexity index is 624. The van der Waals surface area contributed by atoms with Gasteiger partial charge < -0.3 is 19.8 Å². The van der Waals surface area contributed by atoms with Crippen molar-refractivity contribution in [3.63, 3.8) is 0 Å². The van der Waals surface area contributed by atoms with Crippen LogP contribution in [-0.4, -0.2) is 32.3 Å². The molecule has 0 spiro atoms. The van der Waals surface area contributed by atoms with Gasteiger partial charge in [-0.1, -0.05) is 29.8 Å². The minimum Gasteiger partial charge on any atom is -0.469 e. The maximum atomic E-state index is 5.38. The van der Waals surface area contributed by atoms with Gasteiger partial charge in [-0.3, -0.25) is 0 Å². The van der Waals surface area contributed by atoms with E-state index >= 15 is 0 Å². The summed E-state index contributed by atoms with van der Waals surface area (Å²) in [4.78, 5) is 4.69. The second-order valence-electron chi connectivity index (χ2n) is 5.89. The van der Waals surface area contributed by atoms with Crippen molar-refractivity contribution in [3.8, 4) is 0 Å². The van der Waals surface area contributed by atoms with E-state index in [1.165, 1.54) is 11.1 Å². The topological polar surface area (TPSA) is 58.8 Å². The zero-order chi connectivity index (χ0) is 17.7. The fourth-order valence-electron chi connectivity index (χ4n) is 2.44. The highest BCUT2D eigenvalue weighted by atomic mass is 16.5. The number of rotatable bonds is 10. The van der Waals surface area contributed by atoms with Gasteiger partial charge in [-0.15, -0.1) is 0 Å². The molecule has 0 unspecified atom stereocenters. The van der Waals surface area contributed by atoms with Gasteiger partial charge in [0.2, 0.25) is 0 Å². The van der Waals surface area contributed by atoms with E-state index in [9.17, 15) is 0 Å². The summed E-state index contributed by atoms with van der Waals surface area (Å²) in [5, 5.41) is 6.74. The number of nitrogens with zero attached hydrogens (tertiary/aromatic N) is 1. The van der Waals surface area contributed by atoms with Crippen LogP contribution in [-0.2, 0) is 17.7 Å². The van der Waals surface area contributed by atoms with Crippen LogP contribution < -0.4 is 10.6 Å². The van der Waals surface area contributed by atoms with Crippen LogP contribution in [0.15, 0.2) is 52.1 Å². The maximum absolute atomic E-state index is 5.38. The maximum Gasteiger partial charge on any atom is 0.191 e. The van der Waals surface area contributed by atoms with Crippen LogP contribution in [0.3, 0.4) is 0 Å². The average molecular weight is 343 g/mol. The number of furan rings is 1. The van der Waals surface area contributed by atoms with Crippen molar-refractivity contribution in [1.82, 2.24) is 10.6 Å². The SMILES string of the molecule is CCOCCCNC(=NCc1cccc(C)c1)NCCc1ccco1. The molecule has 0 amide bonds. The Morgan fingerprint density at radius 3 is 2.80 bits per heavy atom. The highest BCUT2D eigenvalue weighted by Crippen LogP contribution is 2.05. The first-order chi connectivity index (χ1) is 12.3. The van der Waals surface area contributed by atoms with E-state index in [4.69, 9.17) is 14.1 Å². The molecule has 0 radical (unpaired) electrons. The molecule has 2 N–H and O–H groups in total. The monoisotopic (exact) mass is 343 g/mol. The quantitative estimate of drug-likeness (QED) is 0.395. The molecule has 0 saturated carbocycles. The van der Waals surface area contributed by atoms with Gasteiger partial charge in [0.25, 0.3) is 0 Å². The summed E-state index contributed by atoms with van der Waals surface area (Å²) in [6, 6.07) is 12.3. The Morgan fingerprint density at radius 2 is 2.04 bits per heavy atom. The molecule has 0 atom stereocenters. The Labute approximate surface area is 150 Å². The molecule has 25 heavy (non-hydrogen) atoms. The van der Waals surface area contributed by atoms with Crippen molar-refractivity contribution in [2.24, 2.45) is 4.99 Å². The summed E-state index contributed by atoms with van der Waals surface area (Å²) in [5.74, 6) is 1.80. The van der Waals surface area contributed by atoms with Crippen LogP contribution in [0, 0.1) is 6.92 Å². The standard InChI is InChI=1S/C20H29N3O2/c1-3-24-13-6-11-21-20(22-12-10-19-9-5-14-25-19)23-16-18-8-4-7-17(2)15-18/h4-5,7-9,14-15H,3,6,10-13,16H2,1-2H3,(H2,21,22,23). The highest BCUT2D eigenvalue weighted by molar-refractivity contribution is 5.79. The van der Waals surface area contributed by atoms with Gasteiger partial charge in [-0.25, -0.2) is 4.99 Å². The lowest BCUT2D eigenvalue weighted by Crippen LogP contribution is -2.39. The summed E-state index contributed by atoms with van der Waals surface area (Å²) in [6.07, 6.45) is 3.49. The second-order valence-corrected chi connectivity index (χ2v) is 5.89. The molecule has 1 heterocycles. The normalized spacial score (nSPS) is 11.5. The van der Waals surface area contributed by atoms with Gasteiger partial charge in [0.15, 0.2) is 5.96 Å². The summed E-state index contributed by atoms with van der Waals surface area (Å²) >= 11 is 0. The molecule has 1 aromatic heterocycles. The number of aryl methyl sites for hydroxylation is 1. The van der Waals surface area contributed by atoms with E-state index in [1.54, 1.807) is 6.26 Å². The fraction of sp³-hybridized carbons (Fsp3) is 0.450. The van der Waals surface area contributed by atoms with Crippen molar-refractivity contribution in [2.75, 3.05) is 26.3 Å². The molecule has 136 valence electrons. The smallest absolute Gasteiger partial charge is 0.191 e. The van der Waals surface area contributed by atoms with Crippen LogP contribution >= 0.6 is 0 Å². The minimum absolute atomic E-state index is 0.656. The van der Waals surface area contributed by atoms with Gasteiger partial charge >= 0.3 is 0 Å². The predicted molar refractivity (Wildman–Crippen MR) is 102 cm³/mol. The third-order valence-corrected chi connectivity index (χ3v) is 3.71. The molecule has 2 aromatic rings. The zero-order valence-corrected chi connectivity index (χ0v) is 15.3. The largest absolute Gasteiger partial charge is 0.469 e. The Hall–Kier alpha value is -2.27. The van der Waals surface area contributed by atoms with Crippen LogP contribution in [0.2, 0.25) is 0 Å². The van der Waals surface area contributed by atoms with Gasteiger partial charge in [0.05, 0.1) is 12.8 Å². The minimum atomic E-state index is 0.656. The molecule has 0 aliphatic rings. The van der Waals surface area contributed by atoms with E-state index in [-0.39, 0.29) is 0 Å². The number of hydrogen-bond donors (Lipinski definition) is 2. The molecule has 5 heteroatoms. The molecular weight excluding hydrogens is 314 g/mol. The third-order valence-electron chi connectivity index (χ3n) is 3.71. The lowest BCUT2D eigenvalue weighted by atomic mass is 10.1.